The van der Waals surface area contributed by atoms with Gasteiger partial charge >= 0.3 is 0 Å². The minimum atomic E-state index is -0.214. The summed E-state index contributed by atoms with van der Waals surface area (Å²) in [7, 11) is 0. The molecule has 5 aliphatic carbocycles. The van der Waals surface area contributed by atoms with E-state index in [1.807, 2.05) is 0 Å². The molecule has 0 aromatic rings. The van der Waals surface area contributed by atoms with Gasteiger partial charge in [0, 0.05) is 13.1 Å². The van der Waals surface area contributed by atoms with Crippen molar-refractivity contribution in [2.45, 2.75) is 119 Å². The molecule has 0 aromatic heterocycles. The lowest BCUT2D eigenvalue weighted by Gasteiger charge is -2.73. The minimum absolute atomic E-state index is 0.00600. The summed E-state index contributed by atoms with van der Waals surface area (Å²) in [6, 6.07) is 0. The lowest BCUT2D eigenvalue weighted by molar-refractivity contribution is -0.248. The van der Waals surface area contributed by atoms with Crippen molar-refractivity contribution in [3.63, 3.8) is 0 Å². The van der Waals surface area contributed by atoms with E-state index < -0.39 is 0 Å². The summed E-state index contributed by atoms with van der Waals surface area (Å²) in [6.07, 6.45) is 11.5. The molecule has 5 rings (SSSR count). The molecule has 4 N–H and O–H groups in total. The maximum Gasteiger partial charge on any atom is 0.226 e. The molecule has 10 atom stereocenters. The molecule has 1 amide bonds. The number of nitrogens with two attached hydrogens (primary N) is 1. The Kier molecular flexibility index (Phi) is 7.85. The van der Waals surface area contributed by atoms with Crippen LogP contribution >= 0.6 is 0 Å². The van der Waals surface area contributed by atoms with Gasteiger partial charge in [0.15, 0.2) is 0 Å². The zero-order valence-electron chi connectivity index (χ0n) is 26.3. The molecule has 0 spiro atoms. The van der Waals surface area contributed by atoms with Gasteiger partial charge in [-0.3, -0.25) is 4.79 Å². The summed E-state index contributed by atoms with van der Waals surface area (Å²) < 4.78 is 5.58. The number of nitrogens with one attached hydrogen (secondary N) is 1. The van der Waals surface area contributed by atoms with Gasteiger partial charge in [0.2, 0.25) is 5.91 Å². The average Bonchev–Trinajstić information content (AvgIpc) is 3.28. The van der Waals surface area contributed by atoms with Crippen LogP contribution in [0.15, 0.2) is 0 Å². The Hall–Kier alpha value is -0.650. The maximum atomic E-state index is 14.1. The Labute approximate surface area is 239 Å². The second-order valence-corrected chi connectivity index (χ2v) is 16.3. The van der Waals surface area contributed by atoms with Crippen molar-refractivity contribution >= 4 is 5.91 Å². The van der Waals surface area contributed by atoms with Crippen molar-refractivity contribution in [1.82, 2.24) is 5.32 Å². The van der Waals surface area contributed by atoms with Crippen LogP contribution in [0.5, 0.6) is 0 Å². The highest BCUT2D eigenvalue weighted by atomic mass is 16.5. The van der Waals surface area contributed by atoms with Gasteiger partial charge in [-0.1, -0.05) is 48.5 Å². The van der Waals surface area contributed by atoms with Gasteiger partial charge in [-0.05, 0) is 121 Å². The number of hydrogen-bond acceptors (Lipinski definition) is 4. The smallest absolute Gasteiger partial charge is 0.226 e. The Bertz CT molecular complexity index is 920. The normalized spacial score (nSPS) is 48.6. The van der Waals surface area contributed by atoms with Crippen LogP contribution in [0.1, 0.15) is 113 Å². The molecule has 5 nitrogen and oxygen atoms in total. The molecule has 5 saturated carbocycles. The van der Waals surface area contributed by atoms with Crippen molar-refractivity contribution < 1.29 is 14.6 Å². The first-order valence-electron chi connectivity index (χ1n) is 16.5. The third-order valence-electron chi connectivity index (χ3n) is 14.6. The van der Waals surface area contributed by atoms with Crippen molar-refractivity contribution in [3.05, 3.63) is 0 Å². The van der Waals surface area contributed by atoms with E-state index in [1.54, 1.807) is 0 Å². The first-order chi connectivity index (χ1) is 18.3. The highest BCUT2D eigenvalue weighted by Crippen LogP contribution is 2.77. The number of hydrogen-bond donors (Lipinski definition) is 3. The van der Waals surface area contributed by atoms with Gasteiger partial charge in [0.25, 0.3) is 0 Å². The fourth-order valence-corrected chi connectivity index (χ4v) is 12.4. The Morgan fingerprint density at radius 1 is 0.897 bits per heavy atom. The lowest BCUT2D eigenvalue weighted by Crippen LogP contribution is -2.67. The van der Waals surface area contributed by atoms with E-state index in [0.717, 1.165) is 19.3 Å². The van der Waals surface area contributed by atoms with Gasteiger partial charge in [-0.15, -0.1) is 0 Å². The number of ether oxygens (including phenoxy) is 1. The van der Waals surface area contributed by atoms with E-state index in [1.165, 1.54) is 44.9 Å². The number of amides is 1. The fourth-order valence-electron chi connectivity index (χ4n) is 12.4. The van der Waals surface area contributed by atoms with Gasteiger partial charge < -0.3 is 20.9 Å². The Morgan fingerprint density at radius 3 is 2.33 bits per heavy atom. The SMILES string of the molecule is CC(C)[C@@H]1CC[C@]2(C(=O)NCCOCCN)CC[C@]3(C)C(CC[C@@H]4[C@@]5(C)CC[C@@H](O)C(C)(C)[C@@H]5CC[C@]43C)[C@H]12. The van der Waals surface area contributed by atoms with Crippen LogP contribution in [0.25, 0.3) is 0 Å². The molecule has 0 heterocycles. The predicted molar refractivity (Wildman–Crippen MR) is 158 cm³/mol. The zero-order chi connectivity index (χ0) is 28.4. The number of rotatable bonds is 7. The maximum absolute atomic E-state index is 14.1. The second-order valence-electron chi connectivity index (χ2n) is 16.3. The van der Waals surface area contributed by atoms with Crippen LogP contribution in [0, 0.1) is 62.6 Å². The van der Waals surface area contributed by atoms with Gasteiger partial charge in [-0.2, -0.15) is 0 Å². The Morgan fingerprint density at radius 2 is 1.64 bits per heavy atom. The van der Waals surface area contributed by atoms with E-state index in [-0.39, 0.29) is 22.3 Å². The molecule has 5 heteroatoms. The van der Waals surface area contributed by atoms with Gasteiger partial charge in [-0.25, -0.2) is 0 Å². The Balaban J connectivity index is 1.45. The van der Waals surface area contributed by atoms with Crippen molar-refractivity contribution in [1.29, 1.82) is 0 Å². The first-order valence-corrected chi connectivity index (χ1v) is 16.5. The monoisotopic (exact) mass is 544 g/mol. The standard InChI is InChI=1S/C34H60N2O3/c1-22(2)23-10-15-34(29(38)36-19-21-39-20-18-35)17-16-32(6)24(28(23)34)8-9-26-31(5)13-12-27(37)30(3,4)25(31)11-14-33(26,32)7/h22-28,37H,8-21,35H2,1-7H3,(H,36,38)/t23-,24?,25-,26+,27+,28-,31-,32+,33+,34-/m0/s1. The molecule has 0 aliphatic heterocycles. The highest BCUT2D eigenvalue weighted by Gasteiger charge is 2.71. The molecule has 5 fully saturated rings. The fraction of sp³-hybridized carbons (Fsp3) is 0.971. The van der Waals surface area contributed by atoms with Gasteiger partial charge in [0.05, 0.1) is 24.7 Å². The molecule has 224 valence electrons. The number of fused-ring (bicyclic) bond motifs is 7. The quantitative estimate of drug-likeness (QED) is 0.334. The topological polar surface area (TPSA) is 84.6 Å². The summed E-state index contributed by atoms with van der Waals surface area (Å²) in [5.41, 5.74) is 6.21. The van der Waals surface area contributed by atoms with Crippen LogP contribution in [-0.4, -0.2) is 43.4 Å². The summed E-state index contributed by atoms with van der Waals surface area (Å²) in [4.78, 5) is 14.1. The number of carbonyl (C=O) groups excluding carboxylic acids is 1. The molecule has 0 radical (unpaired) electrons. The average molecular weight is 545 g/mol. The summed E-state index contributed by atoms with van der Waals surface area (Å²) >= 11 is 0. The van der Waals surface area contributed by atoms with E-state index in [0.29, 0.717) is 78.5 Å². The molecule has 1 unspecified atom stereocenters. The van der Waals surface area contributed by atoms with Crippen molar-refractivity contribution in [3.8, 4) is 0 Å². The zero-order valence-corrected chi connectivity index (χ0v) is 26.3. The molecular weight excluding hydrogens is 484 g/mol. The van der Waals surface area contributed by atoms with Crippen LogP contribution in [0.2, 0.25) is 0 Å². The minimum Gasteiger partial charge on any atom is -0.393 e. The van der Waals surface area contributed by atoms with Crippen molar-refractivity contribution in [2.75, 3.05) is 26.3 Å². The second kappa shape index (κ2) is 10.3. The van der Waals surface area contributed by atoms with E-state index >= 15 is 0 Å². The van der Waals surface area contributed by atoms with Crippen LogP contribution < -0.4 is 11.1 Å². The van der Waals surface area contributed by atoms with E-state index in [2.05, 4.69) is 53.8 Å². The molecule has 5 aliphatic rings. The molecule has 0 saturated heterocycles. The summed E-state index contributed by atoms with van der Waals surface area (Å²) in [5.74, 6) is 3.94. The first kappa shape index (κ1) is 29.8. The van der Waals surface area contributed by atoms with Crippen LogP contribution in [-0.2, 0) is 9.53 Å². The van der Waals surface area contributed by atoms with Crippen LogP contribution in [0.4, 0.5) is 0 Å². The third kappa shape index (κ3) is 4.21. The molecule has 0 bridgehead atoms. The summed E-state index contributed by atoms with van der Waals surface area (Å²) in [5, 5.41) is 14.3. The molecular formula is C34H60N2O3. The van der Waals surface area contributed by atoms with E-state index in [4.69, 9.17) is 10.5 Å². The molecule has 0 aromatic carbocycles. The number of carbonyl (C=O) groups is 1. The lowest BCUT2D eigenvalue weighted by atomic mass is 9.32. The largest absolute Gasteiger partial charge is 0.393 e. The highest BCUT2D eigenvalue weighted by molar-refractivity contribution is 5.83. The van der Waals surface area contributed by atoms with Gasteiger partial charge in [0.1, 0.15) is 0 Å². The van der Waals surface area contributed by atoms with Crippen molar-refractivity contribution in [2.24, 2.45) is 68.3 Å². The predicted octanol–water partition coefficient (Wildman–Crippen LogP) is 6.18. The number of aliphatic hydroxyl groups is 1. The third-order valence-corrected chi connectivity index (χ3v) is 14.6. The van der Waals surface area contributed by atoms with E-state index in [9.17, 15) is 9.90 Å². The summed E-state index contributed by atoms with van der Waals surface area (Å²) in [6.45, 7) is 19.6. The molecule has 39 heavy (non-hydrogen) atoms. The number of aliphatic hydroxyl groups excluding tert-OH is 1. The van der Waals surface area contributed by atoms with Crippen LogP contribution in [0.3, 0.4) is 0 Å².